The quantitative estimate of drug-likeness (QED) is 0.820. The van der Waals surface area contributed by atoms with E-state index in [0.29, 0.717) is 0 Å². The SMILES string of the molecule is CC(CO)c1ccc(NC(=O)N(C)C)cc1. The zero-order valence-electron chi connectivity index (χ0n) is 9.90. The Morgan fingerprint density at radius 3 is 2.38 bits per heavy atom. The number of aliphatic hydroxyl groups excluding tert-OH is 1. The van der Waals surface area contributed by atoms with E-state index in [1.54, 1.807) is 14.1 Å². The standard InChI is InChI=1S/C12H18N2O2/c1-9(8-15)10-4-6-11(7-5-10)13-12(16)14(2)3/h4-7,9,15H,8H2,1-3H3,(H,13,16). The highest BCUT2D eigenvalue weighted by Crippen LogP contribution is 2.17. The fourth-order valence-electron chi connectivity index (χ4n) is 1.24. The van der Waals surface area contributed by atoms with Crippen LogP contribution in [0.25, 0.3) is 0 Å². The van der Waals surface area contributed by atoms with Crippen LogP contribution in [0.1, 0.15) is 18.4 Å². The first-order valence-corrected chi connectivity index (χ1v) is 5.23. The van der Waals surface area contributed by atoms with Gasteiger partial charge in [-0.1, -0.05) is 19.1 Å². The Hall–Kier alpha value is -1.55. The lowest BCUT2D eigenvalue weighted by atomic mass is 10.0. The molecule has 0 aliphatic heterocycles. The van der Waals surface area contributed by atoms with Crippen molar-refractivity contribution >= 4 is 11.7 Å². The highest BCUT2D eigenvalue weighted by Gasteiger charge is 2.06. The molecule has 0 bridgehead atoms. The molecule has 0 radical (unpaired) electrons. The van der Waals surface area contributed by atoms with Gasteiger partial charge in [-0.15, -0.1) is 0 Å². The molecule has 4 heteroatoms. The second kappa shape index (κ2) is 5.51. The maximum Gasteiger partial charge on any atom is 0.321 e. The normalized spacial score (nSPS) is 12.0. The van der Waals surface area contributed by atoms with E-state index in [0.717, 1.165) is 11.3 Å². The first-order chi connectivity index (χ1) is 7.54. The third kappa shape index (κ3) is 3.24. The predicted molar refractivity (Wildman–Crippen MR) is 64.6 cm³/mol. The number of anilines is 1. The van der Waals surface area contributed by atoms with E-state index in [4.69, 9.17) is 5.11 Å². The third-order valence-corrected chi connectivity index (χ3v) is 2.41. The van der Waals surface area contributed by atoms with Gasteiger partial charge in [-0.25, -0.2) is 4.79 Å². The Morgan fingerprint density at radius 2 is 1.94 bits per heavy atom. The van der Waals surface area contributed by atoms with Crippen molar-refractivity contribution < 1.29 is 9.90 Å². The second-order valence-electron chi connectivity index (χ2n) is 4.03. The van der Waals surface area contributed by atoms with Crippen LogP contribution in [-0.2, 0) is 0 Å². The van der Waals surface area contributed by atoms with Crippen LogP contribution in [-0.4, -0.2) is 36.7 Å². The first kappa shape index (κ1) is 12.5. The molecule has 1 rings (SSSR count). The Kier molecular flexibility index (Phi) is 4.31. The summed E-state index contributed by atoms with van der Waals surface area (Å²) >= 11 is 0. The lowest BCUT2D eigenvalue weighted by Gasteiger charge is -2.13. The number of hydrogen-bond donors (Lipinski definition) is 2. The van der Waals surface area contributed by atoms with Gasteiger partial charge in [0.05, 0.1) is 0 Å². The number of nitrogens with one attached hydrogen (secondary N) is 1. The van der Waals surface area contributed by atoms with E-state index >= 15 is 0 Å². The predicted octanol–water partition coefficient (Wildman–Crippen LogP) is 1.88. The van der Waals surface area contributed by atoms with E-state index < -0.39 is 0 Å². The number of hydrogen-bond acceptors (Lipinski definition) is 2. The van der Waals surface area contributed by atoms with Crippen LogP contribution in [0.5, 0.6) is 0 Å². The molecule has 0 saturated carbocycles. The minimum Gasteiger partial charge on any atom is -0.396 e. The summed E-state index contributed by atoms with van der Waals surface area (Å²) in [6.45, 7) is 2.08. The zero-order valence-corrected chi connectivity index (χ0v) is 9.90. The van der Waals surface area contributed by atoms with Crippen LogP contribution >= 0.6 is 0 Å². The molecular formula is C12H18N2O2. The van der Waals surface area contributed by atoms with Crippen molar-refractivity contribution in [2.45, 2.75) is 12.8 Å². The van der Waals surface area contributed by atoms with Crippen LogP contribution in [0.4, 0.5) is 10.5 Å². The number of carbonyl (C=O) groups excluding carboxylic acids is 1. The van der Waals surface area contributed by atoms with E-state index in [1.807, 2.05) is 31.2 Å². The van der Waals surface area contributed by atoms with Crippen molar-refractivity contribution in [3.63, 3.8) is 0 Å². The highest BCUT2D eigenvalue weighted by atomic mass is 16.3. The topological polar surface area (TPSA) is 52.6 Å². The molecule has 0 heterocycles. The summed E-state index contributed by atoms with van der Waals surface area (Å²) in [6, 6.07) is 7.34. The van der Waals surface area contributed by atoms with Crippen molar-refractivity contribution in [3.05, 3.63) is 29.8 Å². The fourth-order valence-corrected chi connectivity index (χ4v) is 1.24. The number of nitrogens with zero attached hydrogens (tertiary/aromatic N) is 1. The van der Waals surface area contributed by atoms with Gasteiger partial charge in [0.2, 0.25) is 0 Å². The number of amides is 2. The molecule has 0 spiro atoms. The Balaban J connectivity index is 2.68. The summed E-state index contributed by atoms with van der Waals surface area (Å²) in [5.74, 6) is 0.124. The van der Waals surface area contributed by atoms with Gasteiger partial charge >= 0.3 is 6.03 Å². The number of urea groups is 1. The van der Waals surface area contributed by atoms with Crippen LogP contribution in [0.2, 0.25) is 0 Å². The number of rotatable bonds is 3. The average molecular weight is 222 g/mol. The number of benzene rings is 1. The van der Waals surface area contributed by atoms with Gasteiger partial charge < -0.3 is 15.3 Å². The summed E-state index contributed by atoms with van der Waals surface area (Å²) < 4.78 is 0. The van der Waals surface area contributed by atoms with E-state index in [1.165, 1.54) is 4.90 Å². The monoisotopic (exact) mass is 222 g/mol. The first-order valence-electron chi connectivity index (χ1n) is 5.23. The van der Waals surface area contributed by atoms with Crippen molar-refractivity contribution in [2.75, 3.05) is 26.0 Å². The van der Waals surface area contributed by atoms with Crippen LogP contribution < -0.4 is 5.32 Å². The van der Waals surface area contributed by atoms with Crippen LogP contribution in [0.15, 0.2) is 24.3 Å². The summed E-state index contributed by atoms with van der Waals surface area (Å²) in [6.07, 6.45) is 0. The summed E-state index contributed by atoms with van der Waals surface area (Å²) in [7, 11) is 3.38. The lowest BCUT2D eigenvalue weighted by Crippen LogP contribution is -2.27. The van der Waals surface area contributed by atoms with Gasteiger partial charge in [0.25, 0.3) is 0 Å². The zero-order chi connectivity index (χ0) is 12.1. The number of aliphatic hydroxyl groups is 1. The maximum absolute atomic E-state index is 11.4. The molecule has 1 unspecified atom stereocenters. The van der Waals surface area contributed by atoms with Crippen molar-refractivity contribution in [2.24, 2.45) is 0 Å². The van der Waals surface area contributed by atoms with Crippen molar-refractivity contribution in [1.29, 1.82) is 0 Å². The Morgan fingerprint density at radius 1 is 1.38 bits per heavy atom. The van der Waals surface area contributed by atoms with Gasteiger partial charge in [-0.3, -0.25) is 0 Å². The van der Waals surface area contributed by atoms with E-state index in [-0.39, 0.29) is 18.6 Å². The molecular weight excluding hydrogens is 204 g/mol. The molecule has 0 saturated heterocycles. The van der Waals surface area contributed by atoms with Gasteiger partial charge in [-0.2, -0.15) is 0 Å². The van der Waals surface area contributed by atoms with Gasteiger partial charge in [-0.05, 0) is 17.7 Å². The minimum atomic E-state index is -0.150. The molecule has 0 fully saturated rings. The molecule has 1 aromatic carbocycles. The molecule has 1 aromatic rings. The van der Waals surface area contributed by atoms with Crippen LogP contribution in [0, 0.1) is 0 Å². The maximum atomic E-state index is 11.4. The summed E-state index contributed by atoms with van der Waals surface area (Å²) in [5.41, 5.74) is 1.82. The summed E-state index contributed by atoms with van der Waals surface area (Å²) in [5, 5.41) is 11.7. The Labute approximate surface area is 95.9 Å². The molecule has 0 aromatic heterocycles. The fraction of sp³-hybridized carbons (Fsp3) is 0.417. The second-order valence-corrected chi connectivity index (χ2v) is 4.03. The van der Waals surface area contributed by atoms with Crippen molar-refractivity contribution in [3.8, 4) is 0 Å². The van der Waals surface area contributed by atoms with Crippen LogP contribution in [0.3, 0.4) is 0 Å². The highest BCUT2D eigenvalue weighted by molar-refractivity contribution is 5.88. The smallest absolute Gasteiger partial charge is 0.321 e. The molecule has 2 amide bonds. The Bertz CT molecular complexity index is 347. The van der Waals surface area contributed by atoms with E-state index in [2.05, 4.69) is 5.32 Å². The van der Waals surface area contributed by atoms with Gasteiger partial charge in [0.15, 0.2) is 0 Å². The largest absolute Gasteiger partial charge is 0.396 e. The minimum absolute atomic E-state index is 0.124. The molecule has 0 aliphatic rings. The van der Waals surface area contributed by atoms with E-state index in [9.17, 15) is 4.79 Å². The van der Waals surface area contributed by atoms with Crippen molar-refractivity contribution in [1.82, 2.24) is 4.90 Å². The van der Waals surface area contributed by atoms with Gasteiger partial charge in [0.1, 0.15) is 0 Å². The average Bonchev–Trinajstić information content (AvgIpc) is 2.28. The van der Waals surface area contributed by atoms with Gasteiger partial charge in [0, 0.05) is 32.3 Å². The summed E-state index contributed by atoms with van der Waals surface area (Å²) in [4.78, 5) is 12.8. The molecule has 1 atom stereocenters. The third-order valence-electron chi connectivity index (χ3n) is 2.41. The lowest BCUT2D eigenvalue weighted by molar-refractivity contribution is 0.230. The molecule has 0 aliphatic carbocycles. The molecule has 88 valence electrons. The number of carbonyl (C=O) groups is 1. The molecule has 4 nitrogen and oxygen atoms in total. The molecule has 2 N–H and O–H groups in total. The molecule has 16 heavy (non-hydrogen) atoms.